The zero-order chi connectivity index (χ0) is 21.9. The third-order valence-electron chi connectivity index (χ3n) is 4.00. The lowest BCUT2D eigenvalue weighted by atomic mass is 10.1. The first-order valence-corrected chi connectivity index (χ1v) is 9.30. The fourth-order valence-corrected chi connectivity index (χ4v) is 2.65. The SMILES string of the molecule is COCCNC(=O)c1ccccc1NCC(=O)Nc1cc(NC(C)=O)ccc1OC. The Hall–Kier alpha value is -3.59. The lowest BCUT2D eigenvalue weighted by Gasteiger charge is -2.14. The van der Waals surface area contributed by atoms with E-state index in [1.807, 2.05) is 0 Å². The molecule has 0 atom stereocenters. The normalized spacial score (nSPS) is 10.1. The predicted molar refractivity (Wildman–Crippen MR) is 115 cm³/mol. The Morgan fingerprint density at radius 1 is 0.967 bits per heavy atom. The van der Waals surface area contributed by atoms with Crippen molar-refractivity contribution in [2.24, 2.45) is 0 Å². The van der Waals surface area contributed by atoms with Crippen LogP contribution in [0.1, 0.15) is 17.3 Å². The average Bonchev–Trinajstić information content (AvgIpc) is 2.72. The van der Waals surface area contributed by atoms with Gasteiger partial charge in [-0.15, -0.1) is 0 Å². The van der Waals surface area contributed by atoms with Crippen molar-refractivity contribution < 1.29 is 23.9 Å². The first-order chi connectivity index (χ1) is 14.4. The number of anilines is 3. The van der Waals surface area contributed by atoms with Gasteiger partial charge in [-0.1, -0.05) is 12.1 Å². The van der Waals surface area contributed by atoms with E-state index in [-0.39, 0.29) is 24.3 Å². The Labute approximate surface area is 175 Å². The Kier molecular flexibility index (Phi) is 8.64. The molecule has 4 N–H and O–H groups in total. The smallest absolute Gasteiger partial charge is 0.253 e. The summed E-state index contributed by atoms with van der Waals surface area (Å²) in [6.07, 6.45) is 0. The van der Waals surface area contributed by atoms with Crippen LogP contribution in [0.2, 0.25) is 0 Å². The van der Waals surface area contributed by atoms with Crippen LogP contribution < -0.4 is 26.0 Å². The van der Waals surface area contributed by atoms with Crippen molar-refractivity contribution >= 4 is 34.8 Å². The summed E-state index contributed by atoms with van der Waals surface area (Å²) in [5.41, 5.74) is 1.90. The molecular formula is C21H26N4O5. The first kappa shape index (κ1) is 22.7. The molecule has 0 unspecified atom stereocenters. The lowest BCUT2D eigenvalue weighted by molar-refractivity contribution is -0.115. The predicted octanol–water partition coefficient (Wildman–Crippen LogP) is 2.08. The third-order valence-corrected chi connectivity index (χ3v) is 4.00. The van der Waals surface area contributed by atoms with E-state index in [0.717, 1.165) is 0 Å². The largest absolute Gasteiger partial charge is 0.495 e. The van der Waals surface area contributed by atoms with Crippen LogP contribution in [-0.2, 0) is 14.3 Å². The van der Waals surface area contributed by atoms with Crippen LogP contribution in [0.15, 0.2) is 42.5 Å². The Morgan fingerprint density at radius 2 is 1.73 bits per heavy atom. The second-order valence-electron chi connectivity index (χ2n) is 6.29. The van der Waals surface area contributed by atoms with Gasteiger partial charge in [0, 0.05) is 32.0 Å². The number of methoxy groups -OCH3 is 2. The zero-order valence-electron chi connectivity index (χ0n) is 17.2. The van der Waals surface area contributed by atoms with Crippen LogP contribution in [0.25, 0.3) is 0 Å². The minimum absolute atomic E-state index is 0.0735. The van der Waals surface area contributed by atoms with Gasteiger partial charge in [-0.05, 0) is 30.3 Å². The van der Waals surface area contributed by atoms with Gasteiger partial charge in [0.25, 0.3) is 5.91 Å². The van der Waals surface area contributed by atoms with Gasteiger partial charge in [-0.3, -0.25) is 14.4 Å². The fourth-order valence-electron chi connectivity index (χ4n) is 2.65. The standard InChI is InChI=1S/C21H26N4O5/c1-14(26)24-15-8-9-19(30-3)18(12-15)25-20(27)13-23-17-7-5-4-6-16(17)21(28)22-10-11-29-2/h4-9,12,23H,10-11,13H2,1-3H3,(H,22,28)(H,24,26)(H,25,27). The molecule has 30 heavy (non-hydrogen) atoms. The van der Waals surface area contributed by atoms with Crippen LogP contribution in [0.4, 0.5) is 17.1 Å². The highest BCUT2D eigenvalue weighted by Gasteiger charge is 2.13. The van der Waals surface area contributed by atoms with Gasteiger partial charge in [-0.2, -0.15) is 0 Å². The second kappa shape index (κ2) is 11.4. The van der Waals surface area contributed by atoms with E-state index in [4.69, 9.17) is 9.47 Å². The number of nitrogens with one attached hydrogen (secondary N) is 4. The number of ether oxygens (including phenoxy) is 2. The van der Waals surface area contributed by atoms with Crippen molar-refractivity contribution in [2.75, 3.05) is 49.9 Å². The molecule has 160 valence electrons. The molecule has 0 aliphatic carbocycles. The van der Waals surface area contributed by atoms with Gasteiger partial charge in [0.15, 0.2) is 0 Å². The molecule has 2 rings (SSSR count). The molecule has 0 spiro atoms. The molecule has 9 heteroatoms. The molecule has 0 heterocycles. The number of amides is 3. The molecule has 0 aliphatic heterocycles. The van der Waals surface area contributed by atoms with E-state index in [1.165, 1.54) is 14.0 Å². The number of rotatable bonds is 10. The third kappa shape index (κ3) is 6.78. The van der Waals surface area contributed by atoms with Crippen molar-refractivity contribution in [3.8, 4) is 5.75 Å². The molecule has 0 fully saturated rings. The van der Waals surface area contributed by atoms with E-state index in [1.54, 1.807) is 49.6 Å². The molecule has 0 saturated heterocycles. The molecule has 0 bridgehead atoms. The van der Waals surface area contributed by atoms with Gasteiger partial charge in [0.2, 0.25) is 11.8 Å². The Morgan fingerprint density at radius 3 is 2.43 bits per heavy atom. The monoisotopic (exact) mass is 414 g/mol. The topological polar surface area (TPSA) is 118 Å². The van der Waals surface area contributed by atoms with E-state index in [2.05, 4.69) is 21.3 Å². The van der Waals surface area contributed by atoms with E-state index >= 15 is 0 Å². The molecule has 0 aliphatic rings. The first-order valence-electron chi connectivity index (χ1n) is 9.30. The lowest BCUT2D eigenvalue weighted by Crippen LogP contribution is -2.28. The summed E-state index contributed by atoms with van der Waals surface area (Å²) in [5.74, 6) is -0.377. The second-order valence-corrected chi connectivity index (χ2v) is 6.29. The van der Waals surface area contributed by atoms with Gasteiger partial charge >= 0.3 is 0 Å². The van der Waals surface area contributed by atoms with Crippen LogP contribution in [-0.4, -0.2) is 51.6 Å². The maximum absolute atomic E-state index is 12.4. The van der Waals surface area contributed by atoms with Crippen molar-refractivity contribution in [1.82, 2.24) is 5.32 Å². The van der Waals surface area contributed by atoms with Crippen LogP contribution in [0.3, 0.4) is 0 Å². The molecule has 0 aromatic heterocycles. The number of carbonyl (C=O) groups is 3. The summed E-state index contributed by atoms with van der Waals surface area (Å²) in [6.45, 7) is 2.11. The van der Waals surface area contributed by atoms with Gasteiger partial charge < -0.3 is 30.7 Å². The van der Waals surface area contributed by atoms with E-state index < -0.39 is 0 Å². The highest BCUT2D eigenvalue weighted by atomic mass is 16.5. The van der Waals surface area contributed by atoms with Crippen LogP contribution >= 0.6 is 0 Å². The highest BCUT2D eigenvalue weighted by molar-refractivity contribution is 6.01. The summed E-state index contributed by atoms with van der Waals surface area (Å²) >= 11 is 0. The summed E-state index contributed by atoms with van der Waals surface area (Å²) in [4.78, 5) is 36.0. The molecule has 9 nitrogen and oxygen atoms in total. The molecule has 3 amide bonds. The van der Waals surface area contributed by atoms with Crippen molar-refractivity contribution in [3.63, 3.8) is 0 Å². The summed E-state index contributed by atoms with van der Waals surface area (Å²) in [5, 5.41) is 11.1. The number of para-hydroxylation sites is 1. The average molecular weight is 414 g/mol. The van der Waals surface area contributed by atoms with E-state index in [9.17, 15) is 14.4 Å². The maximum atomic E-state index is 12.4. The highest BCUT2D eigenvalue weighted by Crippen LogP contribution is 2.28. The van der Waals surface area contributed by atoms with Gasteiger partial charge in [-0.25, -0.2) is 0 Å². The van der Waals surface area contributed by atoms with Crippen molar-refractivity contribution in [3.05, 3.63) is 48.0 Å². The molecule has 0 radical (unpaired) electrons. The number of hydrogen-bond acceptors (Lipinski definition) is 6. The Bertz CT molecular complexity index is 901. The minimum atomic E-state index is -0.345. The van der Waals surface area contributed by atoms with Gasteiger partial charge in [0.05, 0.1) is 31.5 Å². The van der Waals surface area contributed by atoms with Gasteiger partial charge in [0.1, 0.15) is 5.75 Å². The van der Waals surface area contributed by atoms with Crippen LogP contribution in [0, 0.1) is 0 Å². The summed E-state index contributed by atoms with van der Waals surface area (Å²) in [7, 11) is 3.04. The van der Waals surface area contributed by atoms with E-state index in [0.29, 0.717) is 41.5 Å². The Balaban J connectivity index is 2.03. The molecule has 2 aromatic carbocycles. The summed E-state index contributed by atoms with van der Waals surface area (Å²) < 4.78 is 10.2. The number of benzene rings is 2. The number of hydrogen-bond donors (Lipinski definition) is 4. The fraction of sp³-hybridized carbons (Fsp3) is 0.286. The van der Waals surface area contributed by atoms with Crippen molar-refractivity contribution in [2.45, 2.75) is 6.92 Å². The van der Waals surface area contributed by atoms with Crippen LogP contribution in [0.5, 0.6) is 5.75 Å². The molecule has 2 aromatic rings. The minimum Gasteiger partial charge on any atom is -0.495 e. The molecule has 0 saturated carbocycles. The number of carbonyl (C=O) groups excluding carboxylic acids is 3. The maximum Gasteiger partial charge on any atom is 0.253 e. The zero-order valence-corrected chi connectivity index (χ0v) is 17.2. The quantitative estimate of drug-likeness (QED) is 0.442. The van der Waals surface area contributed by atoms with Crippen molar-refractivity contribution in [1.29, 1.82) is 0 Å². The summed E-state index contributed by atoms with van der Waals surface area (Å²) in [6, 6.07) is 11.8. The molecular weight excluding hydrogens is 388 g/mol.